The van der Waals surface area contributed by atoms with Crippen molar-refractivity contribution in [2.45, 2.75) is 14.0 Å². The summed E-state index contributed by atoms with van der Waals surface area (Å²) in [6.45, 7) is -0.819. The molecule has 0 bridgehead atoms. The van der Waals surface area contributed by atoms with Gasteiger partial charge in [-0.2, -0.15) is 0 Å². The number of amides is 1. The zero-order valence-corrected chi connectivity index (χ0v) is 23.7. The number of carbonyl (C=O) groups excluding carboxylic acids is 2. The number of nitrogens with zero attached hydrogens (tertiary/aromatic N) is 3. The van der Waals surface area contributed by atoms with E-state index in [1.54, 1.807) is 0 Å². The Bertz CT molecular complexity index is 1940. The molecule has 43 heavy (non-hydrogen) atoms. The quantitative estimate of drug-likeness (QED) is 0.135. The Labute approximate surface area is 246 Å². The number of benzene rings is 3. The van der Waals surface area contributed by atoms with Crippen molar-refractivity contribution in [1.29, 1.82) is 0 Å². The standard InChI is InChI=1S/C24H17N5O11S3/c30-21(26-24-25-13-22(41-24)42(36,37)19-10-8-18(9-11-19)29(34)35)14-40-23(31)15-2-1-3-20(12-15)43(38,39)27-16-4-6-17(7-5-16)28(32)33/h1-13,27H,14H2,(H,25,26,30). The fraction of sp³-hybridized carbons (Fsp3) is 0.0417. The molecule has 0 saturated heterocycles. The molecule has 0 atom stereocenters. The van der Waals surface area contributed by atoms with Gasteiger partial charge in [0.2, 0.25) is 9.84 Å². The molecule has 0 aliphatic rings. The van der Waals surface area contributed by atoms with E-state index in [2.05, 4.69) is 15.0 Å². The molecular formula is C24H17N5O11S3. The topological polar surface area (TPSA) is 235 Å². The predicted molar refractivity (Wildman–Crippen MR) is 150 cm³/mol. The number of carbonyl (C=O) groups is 2. The van der Waals surface area contributed by atoms with Crippen LogP contribution in [0.2, 0.25) is 0 Å². The van der Waals surface area contributed by atoms with Gasteiger partial charge < -0.3 is 4.74 Å². The van der Waals surface area contributed by atoms with E-state index in [-0.39, 0.29) is 41.8 Å². The second kappa shape index (κ2) is 12.3. The van der Waals surface area contributed by atoms with Gasteiger partial charge in [-0.05, 0) is 42.5 Å². The van der Waals surface area contributed by atoms with Crippen LogP contribution in [0.15, 0.2) is 93.0 Å². The normalized spacial score (nSPS) is 11.3. The zero-order chi connectivity index (χ0) is 31.4. The summed E-state index contributed by atoms with van der Waals surface area (Å²) in [5.74, 6) is -1.91. The summed E-state index contributed by atoms with van der Waals surface area (Å²) in [7, 11) is -8.29. The summed E-state index contributed by atoms with van der Waals surface area (Å²) in [6.07, 6.45) is 0.986. The van der Waals surface area contributed by atoms with Crippen LogP contribution in [-0.4, -0.2) is 50.1 Å². The van der Waals surface area contributed by atoms with Gasteiger partial charge in [0.15, 0.2) is 11.7 Å². The smallest absolute Gasteiger partial charge is 0.338 e. The van der Waals surface area contributed by atoms with E-state index in [9.17, 15) is 46.7 Å². The molecule has 4 aromatic rings. The maximum atomic E-state index is 12.8. The molecule has 222 valence electrons. The first kappa shape index (κ1) is 30.7. The Morgan fingerprint density at radius 2 is 1.47 bits per heavy atom. The summed E-state index contributed by atoms with van der Waals surface area (Å²) in [5.41, 5.74) is -0.691. The number of esters is 1. The summed E-state index contributed by atoms with van der Waals surface area (Å²) < 4.78 is 57.9. The van der Waals surface area contributed by atoms with E-state index in [0.717, 1.165) is 48.7 Å². The Hall–Kier alpha value is -5.27. The number of nitro groups is 2. The van der Waals surface area contributed by atoms with Crippen molar-refractivity contribution in [3.63, 3.8) is 0 Å². The Kier molecular flexibility index (Phi) is 8.78. The van der Waals surface area contributed by atoms with Gasteiger partial charge in [-0.1, -0.05) is 17.4 Å². The fourth-order valence-electron chi connectivity index (χ4n) is 3.33. The van der Waals surface area contributed by atoms with Crippen LogP contribution >= 0.6 is 11.3 Å². The first-order valence-corrected chi connectivity index (χ1v) is 15.3. The molecule has 4 rings (SSSR count). The van der Waals surface area contributed by atoms with Crippen LogP contribution in [0.1, 0.15) is 10.4 Å². The molecule has 1 heterocycles. The van der Waals surface area contributed by atoms with Crippen molar-refractivity contribution in [3.05, 3.63) is 105 Å². The lowest BCUT2D eigenvalue weighted by Crippen LogP contribution is -2.21. The van der Waals surface area contributed by atoms with Crippen molar-refractivity contribution in [2.75, 3.05) is 16.6 Å². The number of sulfonamides is 1. The summed E-state index contributed by atoms with van der Waals surface area (Å²) in [6, 6.07) is 13.5. The third kappa shape index (κ3) is 7.33. The molecule has 0 saturated carbocycles. The number of thiazole rings is 1. The molecule has 0 unspecified atom stereocenters. The molecule has 0 aliphatic carbocycles. The molecule has 1 amide bonds. The number of hydrogen-bond donors (Lipinski definition) is 2. The maximum absolute atomic E-state index is 12.8. The van der Waals surface area contributed by atoms with E-state index >= 15 is 0 Å². The van der Waals surface area contributed by atoms with E-state index in [0.29, 0.717) is 11.3 Å². The van der Waals surface area contributed by atoms with Crippen LogP contribution in [0, 0.1) is 20.2 Å². The van der Waals surface area contributed by atoms with Gasteiger partial charge in [0.25, 0.3) is 27.3 Å². The van der Waals surface area contributed by atoms with Gasteiger partial charge in [0.1, 0.15) is 4.21 Å². The van der Waals surface area contributed by atoms with Gasteiger partial charge in [-0.15, -0.1) is 0 Å². The van der Waals surface area contributed by atoms with Crippen molar-refractivity contribution < 1.29 is 41.0 Å². The molecule has 3 aromatic carbocycles. The molecule has 19 heteroatoms. The van der Waals surface area contributed by atoms with Gasteiger partial charge in [-0.3, -0.25) is 35.1 Å². The van der Waals surface area contributed by atoms with Gasteiger partial charge in [0, 0.05) is 30.0 Å². The number of ether oxygens (including phenoxy) is 1. The number of rotatable bonds is 11. The Balaban J connectivity index is 1.36. The molecule has 0 radical (unpaired) electrons. The lowest BCUT2D eigenvalue weighted by atomic mass is 10.2. The van der Waals surface area contributed by atoms with E-state index < -0.39 is 48.2 Å². The lowest BCUT2D eigenvalue weighted by Gasteiger charge is -2.09. The van der Waals surface area contributed by atoms with E-state index in [4.69, 9.17) is 4.74 Å². The average Bonchev–Trinajstić information content (AvgIpc) is 3.45. The maximum Gasteiger partial charge on any atom is 0.338 e. The highest BCUT2D eigenvalue weighted by Gasteiger charge is 2.23. The number of anilines is 2. The minimum Gasteiger partial charge on any atom is -0.452 e. The number of hydrogen-bond acceptors (Lipinski definition) is 13. The van der Waals surface area contributed by atoms with Gasteiger partial charge >= 0.3 is 5.97 Å². The molecule has 0 aliphatic heterocycles. The van der Waals surface area contributed by atoms with E-state index in [1.165, 1.54) is 30.3 Å². The molecule has 16 nitrogen and oxygen atoms in total. The fourth-order valence-corrected chi connectivity index (χ4v) is 6.88. The minimum absolute atomic E-state index is 0.0427. The van der Waals surface area contributed by atoms with Crippen molar-refractivity contribution in [2.24, 2.45) is 0 Å². The van der Waals surface area contributed by atoms with Crippen molar-refractivity contribution >= 4 is 65.3 Å². The molecule has 0 fully saturated rings. The highest BCUT2D eigenvalue weighted by Crippen LogP contribution is 2.29. The predicted octanol–water partition coefficient (Wildman–Crippen LogP) is 3.39. The van der Waals surface area contributed by atoms with Crippen LogP contribution in [0.4, 0.5) is 22.2 Å². The summed E-state index contributed by atoms with van der Waals surface area (Å²) in [5, 5.41) is 23.7. The molecule has 0 spiro atoms. The van der Waals surface area contributed by atoms with Crippen LogP contribution in [0.3, 0.4) is 0 Å². The third-order valence-electron chi connectivity index (χ3n) is 5.40. The monoisotopic (exact) mass is 647 g/mol. The average molecular weight is 648 g/mol. The first-order valence-electron chi connectivity index (χ1n) is 11.6. The SMILES string of the molecule is O=C(COC(=O)c1cccc(S(=O)(=O)Nc2ccc([N+](=O)[O-])cc2)c1)Nc1ncc(S(=O)(=O)c2ccc([N+](=O)[O-])cc2)s1. The Morgan fingerprint density at radius 1 is 0.860 bits per heavy atom. The first-order chi connectivity index (χ1) is 20.3. The number of sulfone groups is 1. The third-order valence-corrected chi connectivity index (χ3v) is 9.92. The van der Waals surface area contributed by atoms with Gasteiger partial charge in [0.05, 0.1) is 31.4 Å². The van der Waals surface area contributed by atoms with Gasteiger partial charge in [-0.25, -0.2) is 26.6 Å². The van der Waals surface area contributed by atoms with E-state index in [1.807, 2.05) is 0 Å². The second-order valence-corrected chi connectivity index (χ2v) is 13.2. The number of non-ortho nitro benzene ring substituents is 2. The minimum atomic E-state index is -4.20. The largest absolute Gasteiger partial charge is 0.452 e. The number of aromatic nitrogens is 1. The van der Waals surface area contributed by atoms with Crippen LogP contribution in [-0.2, 0) is 29.4 Å². The summed E-state index contributed by atoms with van der Waals surface area (Å²) in [4.78, 5) is 48.3. The second-order valence-electron chi connectivity index (χ2n) is 8.30. The van der Waals surface area contributed by atoms with Crippen molar-refractivity contribution in [1.82, 2.24) is 4.98 Å². The van der Waals surface area contributed by atoms with Crippen LogP contribution < -0.4 is 10.0 Å². The summed E-state index contributed by atoms with van der Waals surface area (Å²) >= 11 is 0.599. The Morgan fingerprint density at radius 3 is 2.07 bits per heavy atom. The molecular weight excluding hydrogens is 630 g/mol. The van der Waals surface area contributed by atoms with Crippen molar-refractivity contribution in [3.8, 4) is 0 Å². The number of nitro benzene ring substituents is 2. The highest BCUT2D eigenvalue weighted by atomic mass is 32.2. The van der Waals surface area contributed by atoms with Crippen LogP contribution in [0.25, 0.3) is 0 Å². The lowest BCUT2D eigenvalue weighted by molar-refractivity contribution is -0.385. The zero-order valence-electron chi connectivity index (χ0n) is 21.3. The number of nitrogens with one attached hydrogen (secondary N) is 2. The molecule has 2 N–H and O–H groups in total. The molecule has 1 aromatic heterocycles. The highest BCUT2D eigenvalue weighted by molar-refractivity contribution is 7.93. The van der Waals surface area contributed by atoms with Crippen LogP contribution in [0.5, 0.6) is 0 Å².